The Labute approximate surface area is 154 Å². The molecule has 1 aliphatic heterocycles. The van der Waals surface area contributed by atoms with Gasteiger partial charge < -0.3 is 15.4 Å². The summed E-state index contributed by atoms with van der Waals surface area (Å²) >= 11 is 0. The summed E-state index contributed by atoms with van der Waals surface area (Å²) in [4.78, 5) is 27.8. The van der Waals surface area contributed by atoms with Gasteiger partial charge >= 0.3 is 0 Å². The van der Waals surface area contributed by atoms with Crippen LogP contribution in [0.1, 0.15) is 57.4 Å². The first-order valence-electron chi connectivity index (χ1n) is 9.27. The lowest BCUT2D eigenvalue weighted by Gasteiger charge is -2.34. The number of amides is 2. The average molecular weight is 355 g/mol. The van der Waals surface area contributed by atoms with E-state index in [4.69, 9.17) is 4.74 Å². The van der Waals surface area contributed by atoms with Gasteiger partial charge in [0.05, 0.1) is 0 Å². The number of pyridine rings is 1. The minimum absolute atomic E-state index is 0.0437. The third-order valence-corrected chi connectivity index (χ3v) is 4.81. The molecule has 3 rings (SSSR count). The van der Waals surface area contributed by atoms with E-state index in [2.05, 4.69) is 27.5 Å². The van der Waals surface area contributed by atoms with Crippen LogP contribution in [0.15, 0.2) is 18.3 Å². The number of nitrogens with zero attached hydrogens (tertiary/aromatic N) is 1. The fourth-order valence-corrected chi connectivity index (χ4v) is 3.45. The molecule has 0 bridgehead atoms. The van der Waals surface area contributed by atoms with Crippen molar-refractivity contribution >= 4 is 17.6 Å². The lowest BCUT2D eigenvalue weighted by Crippen LogP contribution is -2.52. The van der Waals surface area contributed by atoms with Gasteiger partial charge in [-0.15, -0.1) is 0 Å². The van der Waals surface area contributed by atoms with Gasteiger partial charge in [-0.25, -0.2) is 4.98 Å². The highest BCUT2D eigenvalue weighted by Crippen LogP contribution is 2.28. The predicted octanol–water partition coefficient (Wildman–Crippen LogP) is 2.39. The molecule has 138 valence electrons. The van der Waals surface area contributed by atoms with Crippen LogP contribution >= 0.6 is 0 Å². The van der Waals surface area contributed by atoms with Crippen molar-refractivity contribution in [1.82, 2.24) is 10.3 Å². The highest BCUT2D eigenvalue weighted by atomic mass is 16.5. The van der Waals surface area contributed by atoms with Crippen LogP contribution in [0.2, 0.25) is 0 Å². The van der Waals surface area contributed by atoms with Gasteiger partial charge in [0.25, 0.3) is 0 Å². The van der Waals surface area contributed by atoms with E-state index in [1.165, 1.54) is 13.3 Å². The zero-order chi connectivity index (χ0) is 18.4. The summed E-state index contributed by atoms with van der Waals surface area (Å²) in [7, 11) is 0. The Balaban J connectivity index is 1.73. The minimum Gasteiger partial charge on any atom is -0.368 e. The molecule has 1 aromatic rings. The van der Waals surface area contributed by atoms with Gasteiger partial charge in [-0.1, -0.05) is 31.1 Å². The lowest BCUT2D eigenvalue weighted by molar-refractivity contribution is -0.131. The zero-order valence-corrected chi connectivity index (χ0v) is 15.1. The molecule has 0 spiro atoms. The zero-order valence-electron chi connectivity index (χ0n) is 15.1. The summed E-state index contributed by atoms with van der Waals surface area (Å²) in [5.74, 6) is 6.75. The molecule has 0 aromatic carbocycles. The number of hydrogen-bond donors (Lipinski definition) is 2. The lowest BCUT2D eigenvalue weighted by atomic mass is 9.81. The van der Waals surface area contributed by atoms with Gasteiger partial charge in [-0.2, -0.15) is 0 Å². The normalized spacial score (nSPS) is 21.3. The van der Waals surface area contributed by atoms with Gasteiger partial charge in [0.15, 0.2) is 0 Å². The second-order valence-corrected chi connectivity index (χ2v) is 7.00. The summed E-state index contributed by atoms with van der Waals surface area (Å²) in [6.07, 6.45) is 8.01. The Kier molecular flexibility index (Phi) is 5.89. The van der Waals surface area contributed by atoms with Crippen LogP contribution in [0.5, 0.6) is 0 Å². The highest BCUT2D eigenvalue weighted by Gasteiger charge is 2.35. The molecule has 1 atom stereocenters. The Morgan fingerprint density at radius 3 is 2.65 bits per heavy atom. The fourth-order valence-electron chi connectivity index (χ4n) is 3.45. The molecule has 1 saturated heterocycles. The van der Waals surface area contributed by atoms with Crippen LogP contribution in [0.25, 0.3) is 0 Å². The van der Waals surface area contributed by atoms with E-state index < -0.39 is 5.54 Å². The monoisotopic (exact) mass is 355 g/mol. The summed E-state index contributed by atoms with van der Waals surface area (Å²) < 4.78 is 5.50. The van der Waals surface area contributed by atoms with Crippen LogP contribution in [-0.2, 0) is 14.3 Å². The molecular weight excluding hydrogens is 330 g/mol. The number of nitrogens with one attached hydrogen (secondary N) is 2. The largest absolute Gasteiger partial charge is 0.368 e. The smallest absolute Gasteiger partial charge is 0.250 e. The molecular formula is C20H25N3O3. The molecule has 1 aliphatic carbocycles. The summed E-state index contributed by atoms with van der Waals surface area (Å²) in [5.41, 5.74) is 0.271. The van der Waals surface area contributed by atoms with E-state index >= 15 is 0 Å². The van der Waals surface area contributed by atoms with Crippen molar-refractivity contribution < 1.29 is 14.3 Å². The maximum atomic E-state index is 12.5. The molecule has 2 amide bonds. The van der Waals surface area contributed by atoms with Crippen molar-refractivity contribution in [3.63, 3.8) is 0 Å². The number of anilines is 1. The molecule has 1 saturated carbocycles. The van der Waals surface area contributed by atoms with Crippen molar-refractivity contribution in [3.05, 3.63) is 23.9 Å². The number of aromatic nitrogens is 1. The van der Waals surface area contributed by atoms with E-state index in [-0.39, 0.29) is 17.9 Å². The van der Waals surface area contributed by atoms with Crippen molar-refractivity contribution in [3.8, 4) is 11.8 Å². The number of hydrogen-bond acceptors (Lipinski definition) is 4. The Bertz CT molecular complexity index is 706. The Morgan fingerprint density at radius 2 is 2.04 bits per heavy atom. The third kappa shape index (κ3) is 4.83. The first-order valence-corrected chi connectivity index (χ1v) is 9.27. The molecule has 6 nitrogen and oxygen atoms in total. The number of rotatable bonds is 3. The number of carbonyl (C=O) groups is 2. The topological polar surface area (TPSA) is 80.3 Å². The Hall–Kier alpha value is -2.39. The van der Waals surface area contributed by atoms with Gasteiger partial charge in [0.2, 0.25) is 11.8 Å². The van der Waals surface area contributed by atoms with Crippen LogP contribution in [-0.4, -0.2) is 35.0 Å². The van der Waals surface area contributed by atoms with Gasteiger partial charge in [0, 0.05) is 25.3 Å². The standard InChI is InChI=1S/C20H25N3O3/c1-15(24)22-18-8-7-16(14-21-18)9-12-20(10-3-2-4-11-20)23-19(25)17-6-5-13-26-17/h7-8,14,17H,2-6,10-11,13H2,1H3,(H,23,25)(H,21,22,24). The second-order valence-electron chi connectivity index (χ2n) is 7.00. The highest BCUT2D eigenvalue weighted by molar-refractivity contribution is 5.87. The summed E-state index contributed by atoms with van der Waals surface area (Å²) in [6, 6.07) is 3.55. The van der Waals surface area contributed by atoms with E-state index in [0.717, 1.165) is 44.1 Å². The number of carbonyl (C=O) groups excluding carboxylic acids is 2. The van der Waals surface area contributed by atoms with E-state index in [0.29, 0.717) is 12.4 Å². The molecule has 26 heavy (non-hydrogen) atoms. The molecule has 1 unspecified atom stereocenters. The minimum atomic E-state index is -0.489. The van der Waals surface area contributed by atoms with Crippen molar-refractivity contribution in [2.75, 3.05) is 11.9 Å². The van der Waals surface area contributed by atoms with Crippen molar-refractivity contribution in [2.45, 2.75) is 63.5 Å². The van der Waals surface area contributed by atoms with Crippen LogP contribution in [0, 0.1) is 11.8 Å². The molecule has 6 heteroatoms. The SMILES string of the molecule is CC(=O)Nc1ccc(C#CC2(NC(=O)C3CCCO3)CCCCC2)cn1. The molecule has 1 aromatic heterocycles. The van der Waals surface area contributed by atoms with Crippen LogP contribution in [0.3, 0.4) is 0 Å². The van der Waals surface area contributed by atoms with Gasteiger partial charge in [0.1, 0.15) is 17.5 Å². The number of ether oxygens (including phenoxy) is 1. The van der Waals surface area contributed by atoms with Crippen molar-refractivity contribution in [2.24, 2.45) is 0 Å². The molecule has 2 aliphatic rings. The average Bonchev–Trinajstić information content (AvgIpc) is 3.16. The van der Waals surface area contributed by atoms with Crippen LogP contribution in [0.4, 0.5) is 5.82 Å². The second kappa shape index (κ2) is 8.33. The third-order valence-electron chi connectivity index (χ3n) is 4.81. The van der Waals surface area contributed by atoms with E-state index in [9.17, 15) is 9.59 Å². The molecule has 2 N–H and O–H groups in total. The maximum absolute atomic E-state index is 12.5. The van der Waals surface area contributed by atoms with Gasteiger partial charge in [-0.05, 0) is 37.8 Å². The summed E-state index contributed by atoms with van der Waals surface area (Å²) in [5, 5.41) is 5.80. The van der Waals surface area contributed by atoms with E-state index in [1.807, 2.05) is 6.07 Å². The molecule has 2 fully saturated rings. The van der Waals surface area contributed by atoms with E-state index in [1.54, 1.807) is 12.3 Å². The van der Waals surface area contributed by atoms with Crippen LogP contribution < -0.4 is 10.6 Å². The molecule has 2 heterocycles. The first kappa shape index (κ1) is 18.4. The maximum Gasteiger partial charge on any atom is 0.250 e. The van der Waals surface area contributed by atoms with Crippen molar-refractivity contribution in [1.29, 1.82) is 0 Å². The quantitative estimate of drug-likeness (QED) is 0.816. The van der Waals surface area contributed by atoms with Gasteiger partial charge in [-0.3, -0.25) is 9.59 Å². The fraction of sp³-hybridized carbons (Fsp3) is 0.550. The first-order chi connectivity index (χ1) is 12.6. The Morgan fingerprint density at radius 1 is 1.23 bits per heavy atom. The predicted molar refractivity (Wildman–Crippen MR) is 98.4 cm³/mol. The molecule has 0 radical (unpaired) electrons. The summed E-state index contributed by atoms with van der Waals surface area (Å²) in [6.45, 7) is 2.10.